The molecule has 3 heteroatoms. The first-order valence-corrected chi connectivity index (χ1v) is 6.81. The van der Waals surface area contributed by atoms with Gasteiger partial charge in [-0.25, -0.2) is 4.39 Å². The SMILES string of the molecule is CC(C)N(Cc1cc(CN)ccc1F)CC1CC1. The molecular weight excluding hydrogens is 227 g/mol. The monoisotopic (exact) mass is 250 g/mol. The number of nitrogens with zero attached hydrogens (tertiary/aromatic N) is 1. The molecule has 1 aliphatic rings. The standard InChI is InChI=1S/C15H23FN2/c1-11(2)18(9-12-3-4-12)10-14-7-13(8-17)5-6-15(14)16/h5-7,11-12H,3-4,8-10,17H2,1-2H3. The first-order valence-electron chi connectivity index (χ1n) is 6.81. The van der Waals surface area contributed by atoms with E-state index in [0.29, 0.717) is 19.1 Å². The molecule has 1 fully saturated rings. The number of halogens is 1. The highest BCUT2D eigenvalue weighted by atomic mass is 19.1. The summed E-state index contributed by atoms with van der Waals surface area (Å²) in [5, 5.41) is 0. The topological polar surface area (TPSA) is 29.3 Å². The molecule has 0 aromatic heterocycles. The van der Waals surface area contributed by atoms with Crippen molar-refractivity contribution in [1.82, 2.24) is 4.90 Å². The smallest absolute Gasteiger partial charge is 0.127 e. The summed E-state index contributed by atoms with van der Waals surface area (Å²) in [5.74, 6) is 0.710. The molecule has 0 radical (unpaired) electrons. The molecule has 0 spiro atoms. The van der Waals surface area contributed by atoms with E-state index in [9.17, 15) is 4.39 Å². The summed E-state index contributed by atoms with van der Waals surface area (Å²) in [6, 6.07) is 5.65. The predicted molar refractivity (Wildman–Crippen MR) is 72.6 cm³/mol. The third-order valence-electron chi connectivity index (χ3n) is 3.64. The maximum Gasteiger partial charge on any atom is 0.127 e. The van der Waals surface area contributed by atoms with Crippen LogP contribution < -0.4 is 5.73 Å². The zero-order valence-electron chi connectivity index (χ0n) is 11.3. The lowest BCUT2D eigenvalue weighted by Crippen LogP contribution is -2.32. The molecule has 1 aromatic rings. The summed E-state index contributed by atoms with van der Waals surface area (Å²) in [7, 11) is 0. The second-order valence-electron chi connectivity index (χ2n) is 5.60. The van der Waals surface area contributed by atoms with Gasteiger partial charge in [0.25, 0.3) is 0 Å². The van der Waals surface area contributed by atoms with Crippen molar-refractivity contribution in [2.24, 2.45) is 11.7 Å². The van der Waals surface area contributed by atoms with Gasteiger partial charge in [0.1, 0.15) is 5.82 Å². The summed E-state index contributed by atoms with van der Waals surface area (Å²) in [6.45, 7) is 6.59. The first kappa shape index (κ1) is 13.5. The van der Waals surface area contributed by atoms with Crippen LogP contribution in [0.3, 0.4) is 0 Å². The van der Waals surface area contributed by atoms with Gasteiger partial charge in [-0.2, -0.15) is 0 Å². The van der Waals surface area contributed by atoms with Gasteiger partial charge in [0, 0.05) is 31.2 Å². The largest absolute Gasteiger partial charge is 0.326 e. The van der Waals surface area contributed by atoms with Gasteiger partial charge in [0.15, 0.2) is 0 Å². The Morgan fingerprint density at radius 3 is 2.67 bits per heavy atom. The van der Waals surface area contributed by atoms with E-state index in [1.165, 1.54) is 18.9 Å². The van der Waals surface area contributed by atoms with Crippen LogP contribution in [0, 0.1) is 11.7 Å². The quantitative estimate of drug-likeness (QED) is 0.841. The van der Waals surface area contributed by atoms with Gasteiger partial charge in [-0.1, -0.05) is 12.1 Å². The molecule has 0 bridgehead atoms. The molecular formula is C15H23FN2. The Labute approximate surface area is 109 Å². The van der Waals surface area contributed by atoms with Crippen molar-refractivity contribution >= 4 is 0 Å². The van der Waals surface area contributed by atoms with Crippen molar-refractivity contribution in [2.75, 3.05) is 6.54 Å². The minimum Gasteiger partial charge on any atom is -0.326 e. The molecule has 0 aliphatic heterocycles. The van der Waals surface area contributed by atoms with E-state index in [-0.39, 0.29) is 5.82 Å². The average Bonchev–Trinajstić information content (AvgIpc) is 3.14. The summed E-state index contributed by atoms with van der Waals surface area (Å²) in [5.41, 5.74) is 7.39. The molecule has 0 atom stereocenters. The summed E-state index contributed by atoms with van der Waals surface area (Å²) in [4.78, 5) is 2.36. The molecule has 2 rings (SSSR count). The third kappa shape index (κ3) is 3.53. The zero-order chi connectivity index (χ0) is 13.1. The molecule has 0 heterocycles. The van der Waals surface area contributed by atoms with Crippen molar-refractivity contribution in [3.05, 3.63) is 35.1 Å². The lowest BCUT2D eigenvalue weighted by Gasteiger charge is -2.26. The van der Waals surface area contributed by atoms with Crippen LogP contribution in [0.4, 0.5) is 4.39 Å². The normalized spacial score (nSPS) is 15.7. The molecule has 0 saturated heterocycles. The number of hydrogen-bond donors (Lipinski definition) is 1. The van der Waals surface area contributed by atoms with E-state index in [0.717, 1.165) is 23.6 Å². The van der Waals surface area contributed by atoms with E-state index in [2.05, 4.69) is 18.7 Å². The highest BCUT2D eigenvalue weighted by Crippen LogP contribution is 2.31. The van der Waals surface area contributed by atoms with Gasteiger partial charge < -0.3 is 5.73 Å². The fraction of sp³-hybridized carbons (Fsp3) is 0.600. The second kappa shape index (κ2) is 5.81. The Morgan fingerprint density at radius 2 is 2.11 bits per heavy atom. The van der Waals surface area contributed by atoms with Crippen molar-refractivity contribution in [3.8, 4) is 0 Å². The molecule has 1 aliphatic carbocycles. The van der Waals surface area contributed by atoms with Crippen LogP contribution in [-0.4, -0.2) is 17.5 Å². The zero-order valence-corrected chi connectivity index (χ0v) is 11.3. The third-order valence-corrected chi connectivity index (χ3v) is 3.64. The van der Waals surface area contributed by atoms with Crippen LogP contribution in [0.25, 0.3) is 0 Å². The van der Waals surface area contributed by atoms with E-state index >= 15 is 0 Å². The van der Waals surface area contributed by atoms with E-state index in [4.69, 9.17) is 5.73 Å². The minimum absolute atomic E-state index is 0.117. The van der Waals surface area contributed by atoms with Crippen molar-refractivity contribution in [1.29, 1.82) is 0 Å². The van der Waals surface area contributed by atoms with Crippen LogP contribution in [0.2, 0.25) is 0 Å². The molecule has 18 heavy (non-hydrogen) atoms. The van der Waals surface area contributed by atoms with Crippen LogP contribution in [0.5, 0.6) is 0 Å². The number of nitrogens with two attached hydrogens (primary N) is 1. The van der Waals surface area contributed by atoms with Gasteiger partial charge in [0.2, 0.25) is 0 Å². The van der Waals surface area contributed by atoms with Crippen LogP contribution in [-0.2, 0) is 13.1 Å². The van der Waals surface area contributed by atoms with Gasteiger partial charge in [-0.05, 0) is 44.2 Å². The maximum absolute atomic E-state index is 13.8. The second-order valence-corrected chi connectivity index (χ2v) is 5.60. The molecule has 0 unspecified atom stereocenters. The minimum atomic E-state index is -0.117. The lowest BCUT2D eigenvalue weighted by atomic mass is 10.1. The summed E-state index contributed by atoms with van der Waals surface area (Å²) in [6.07, 6.45) is 2.66. The summed E-state index contributed by atoms with van der Waals surface area (Å²) < 4.78 is 13.8. The Kier molecular flexibility index (Phi) is 4.36. The molecule has 100 valence electrons. The predicted octanol–water partition coefficient (Wildman–Crippen LogP) is 2.90. The van der Waals surface area contributed by atoms with Crippen molar-refractivity contribution in [2.45, 2.75) is 45.8 Å². The molecule has 1 saturated carbocycles. The average molecular weight is 250 g/mol. The van der Waals surface area contributed by atoms with Gasteiger partial charge in [-0.3, -0.25) is 4.90 Å². The Hall–Kier alpha value is -0.930. The highest BCUT2D eigenvalue weighted by Gasteiger charge is 2.25. The fourth-order valence-electron chi connectivity index (χ4n) is 2.19. The Morgan fingerprint density at radius 1 is 1.39 bits per heavy atom. The first-order chi connectivity index (χ1) is 8.60. The maximum atomic E-state index is 13.8. The van der Waals surface area contributed by atoms with Crippen LogP contribution >= 0.6 is 0 Å². The molecule has 2 N–H and O–H groups in total. The molecule has 1 aromatic carbocycles. The lowest BCUT2D eigenvalue weighted by molar-refractivity contribution is 0.201. The van der Waals surface area contributed by atoms with Gasteiger partial charge in [0.05, 0.1) is 0 Å². The molecule has 0 amide bonds. The highest BCUT2D eigenvalue weighted by molar-refractivity contribution is 5.25. The van der Waals surface area contributed by atoms with Crippen LogP contribution in [0.1, 0.15) is 37.8 Å². The number of hydrogen-bond acceptors (Lipinski definition) is 2. The van der Waals surface area contributed by atoms with Gasteiger partial charge >= 0.3 is 0 Å². The van der Waals surface area contributed by atoms with Crippen molar-refractivity contribution in [3.63, 3.8) is 0 Å². The van der Waals surface area contributed by atoms with Crippen molar-refractivity contribution < 1.29 is 4.39 Å². The summed E-state index contributed by atoms with van der Waals surface area (Å²) >= 11 is 0. The van der Waals surface area contributed by atoms with Crippen LogP contribution in [0.15, 0.2) is 18.2 Å². The Bertz CT molecular complexity index is 399. The van der Waals surface area contributed by atoms with E-state index in [1.807, 2.05) is 6.07 Å². The van der Waals surface area contributed by atoms with E-state index < -0.39 is 0 Å². The number of benzene rings is 1. The Balaban J connectivity index is 2.08. The molecule has 2 nitrogen and oxygen atoms in total. The van der Waals surface area contributed by atoms with Gasteiger partial charge in [-0.15, -0.1) is 0 Å². The van der Waals surface area contributed by atoms with E-state index in [1.54, 1.807) is 6.07 Å². The fourth-order valence-corrected chi connectivity index (χ4v) is 2.19. The number of rotatable bonds is 6.